The molecule has 0 N–H and O–H groups in total. The van der Waals surface area contributed by atoms with E-state index in [0.717, 1.165) is 27.3 Å². The van der Waals surface area contributed by atoms with Crippen LogP contribution in [0.25, 0.3) is 0 Å². The zero-order chi connectivity index (χ0) is 29.1. The Hall–Kier alpha value is -3.45. The van der Waals surface area contributed by atoms with Crippen molar-refractivity contribution in [2.45, 2.75) is 52.4 Å². The van der Waals surface area contributed by atoms with Crippen molar-refractivity contribution in [3.63, 3.8) is 0 Å². The smallest absolute Gasteiger partial charge is 0.302 e. The van der Waals surface area contributed by atoms with Gasteiger partial charge in [-0.05, 0) is 43.7 Å². The minimum Gasteiger partial charge on any atom is -0.464 e. The van der Waals surface area contributed by atoms with Gasteiger partial charge in [0.15, 0.2) is 18.9 Å². The van der Waals surface area contributed by atoms with Crippen LogP contribution in [0.4, 0.5) is 11.4 Å². The molecule has 0 bridgehead atoms. The van der Waals surface area contributed by atoms with Gasteiger partial charge in [0, 0.05) is 52.8 Å². The summed E-state index contributed by atoms with van der Waals surface area (Å²) in [4.78, 5) is 25.0. The highest BCUT2D eigenvalue weighted by Gasteiger charge is 2.44. The number of esters is 2. The number of hydrogen-bond acceptors (Lipinski definition) is 5. The van der Waals surface area contributed by atoms with E-state index in [1.165, 1.54) is 25.0 Å². The summed E-state index contributed by atoms with van der Waals surface area (Å²) < 4.78 is 13.7. The Labute approximate surface area is 245 Å². The fourth-order valence-electron chi connectivity index (χ4n) is 5.70. The third-order valence-electron chi connectivity index (χ3n) is 7.64. The van der Waals surface area contributed by atoms with E-state index < -0.39 is 0 Å². The quantitative estimate of drug-likeness (QED) is 0.181. The predicted octanol–water partition coefficient (Wildman–Crippen LogP) is 6.71. The molecule has 40 heavy (non-hydrogen) atoms. The van der Waals surface area contributed by atoms with E-state index in [9.17, 15) is 9.59 Å². The van der Waals surface area contributed by atoms with E-state index in [4.69, 9.17) is 9.47 Å². The van der Waals surface area contributed by atoms with Crippen molar-refractivity contribution < 1.29 is 23.6 Å². The number of benzene rings is 2. The number of nitrogens with zero attached hydrogens (tertiary/aromatic N) is 2. The van der Waals surface area contributed by atoms with Crippen LogP contribution >= 0.6 is 15.9 Å². The molecule has 0 atom stereocenters. The molecule has 0 unspecified atom stereocenters. The summed E-state index contributed by atoms with van der Waals surface area (Å²) in [6, 6.07) is 16.8. The van der Waals surface area contributed by atoms with E-state index in [1.807, 2.05) is 12.1 Å². The SMILES string of the molecule is CC(=O)OCCN1\C(=C/C=C(Br)/C=C/C2=[N+](CCOC(C)=O)c3ccccc3C2(C)C)C(C)(C)c2ccccc21. The van der Waals surface area contributed by atoms with Crippen LogP contribution in [-0.4, -0.2) is 48.5 Å². The molecule has 0 aromatic heterocycles. The van der Waals surface area contributed by atoms with Crippen LogP contribution in [-0.2, 0) is 29.9 Å². The van der Waals surface area contributed by atoms with E-state index in [-0.39, 0.29) is 22.8 Å². The Morgan fingerprint density at radius 1 is 0.900 bits per heavy atom. The number of carbonyl (C=O) groups is 2. The lowest BCUT2D eigenvalue weighted by molar-refractivity contribution is -0.440. The molecule has 7 heteroatoms. The van der Waals surface area contributed by atoms with Crippen LogP contribution < -0.4 is 4.90 Å². The van der Waals surface area contributed by atoms with Crippen molar-refractivity contribution >= 4 is 45.0 Å². The van der Waals surface area contributed by atoms with Crippen molar-refractivity contribution in [3.8, 4) is 0 Å². The lowest BCUT2D eigenvalue weighted by Crippen LogP contribution is -2.29. The molecular formula is C33H38BrN2O4+. The number of ether oxygens (including phenoxy) is 2. The Bertz CT molecular complexity index is 1430. The molecule has 0 radical (unpaired) electrons. The van der Waals surface area contributed by atoms with Crippen molar-refractivity contribution in [2.75, 3.05) is 31.2 Å². The summed E-state index contributed by atoms with van der Waals surface area (Å²) in [5.74, 6) is -0.553. The number of halogens is 1. The number of allylic oxidation sites excluding steroid dienone is 6. The van der Waals surface area contributed by atoms with Gasteiger partial charge in [0.05, 0.1) is 12.0 Å². The number of hydrogen-bond donors (Lipinski definition) is 0. The summed E-state index contributed by atoms with van der Waals surface area (Å²) in [6.45, 7) is 13.5. The van der Waals surface area contributed by atoms with Crippen molar-refractivity contribution in [1.29, 1.82) is 0 Å². The first-order valence-corrected chi connectivity index (χ1v) is 14.4. The first kappa shape index (κ1) is 29.5. The van der Waals surface area contributed by atoms with Crippen LogP contribution in [0.1, 0.15) is 52.7 Å². The zero-order valence-corrected chi connectivity index (χ0v) is 25.7. The van der Waals surface area contributed by atoms with Gasteiger partial charge < -0.3 is 14.4 Å². The van der Waals surface area contributed by atoms with Gasteiger partial charge >= 0.3 is 11.9 Å². The third kappa shape index (κ3) is 5.99. The molecule has 6 nitrogen and oxygen atoms in total. The van der Waals surface area contributed by atoms with Crippen molar-refractivity contribution in [2.24, 2.45) is 0 Å². The molecule has 0 spiro atoms. The molecule has 2 aromatic carbocycles. The van der Waals surface area contributed by atoms with Gasteiger partial charge in [-0.25, -0.2) is 0 Å². The lowest BCUT2D eigenvalue weighted by Gasteiger charge is -2.26. The van der Waals surface area contributed by atoms with Crippen LogP contribution in [0.15, 0.2) is 83.0 Å². The van der Waals surface area contributed by atoms with Crippen molar-refractivity contribution in [1.82, 2.24) is 0 Å². The molecule has 0 fully saturated rings. The van der Waals surface area contributed by atoms with E-state index in [1.54, 1.807) is 0 Å². The number of carbonyl (C=O) groups excluding carboxylic acids is 2. The van der Waals surface area contributed by atoms with Gasteiger partial charge in [-0.1, -0.05) is 66.2 Å². The zero-order valence-electron chi connectivity index (χ0n) is 24.2. The summed E-state index contributed by atoms with van der Waals surface area (Å²) in [7, 11) is 0. The van der Waals surface area contributed by atoms with Crippen LogP contribution in [0, 0.1) is 0 Å². The van der Waals surface area contributed by atoms with Crippen molar-refractivity contribution in [3.05, 3.63) is 94.1 Å². The second-order valence-corrected chi connectivity index (χ2v) is 12.0. The molecule has 0 saturated heterocycles. The first-order valence-electron chi connectivity index (χ1n) is 13.6. The van der Waals surface area contributed by atoms with Crippen LogP contribution in [0.3, 0.4) is 0 Å². The van der Waals surface area contributed by atoms with Gasteiger partial charge in [0.2, 0.25) is 5.69 Å². The topological polar surface area (TPSA) is 58.9 Å². The fourth-order valence-corrected chi connectivity index (χ4v) is 5.96. The van der Waals surface area contributed by atoms with Gasteiger partial charge in [-0.2, -0.15) is 4.58 Å². The molecule has 2 aliphatic rings. The summed E-state index contributed by atoms with van der Waals surface area (Å²) in [5.41, 5.74) is 6.61. The molecule has 4 rings (SSSR count). The molecular weight excluding hydrogens is 568 g/mol. The molecule has 0 saturated carbocycles. The molecule has 2 aromatic rings. The Morgan fingerprint density at radius 3 is 2.23 bits per heavy atom. The Kier molecular flexibility index (Phi) is 8.83. The molecule has 210 valence electrons. The molecule has 2 aliphatic heterocycles. The molecule has 0 amide bonds. The standard InChI is InChI=1S/C33H38BrN2O4/c1-23(37)39-21-19-35-28-13-9-7-11-26(28)32(3,4)30(35)17-15-25(34)16-18-31-33(5,6)27-12-8-10-14-29(27)36(31)20-22-40-24(2)38/h7-18H,19-22H2,1-6H3/q+1. The minimum absolute atomic E-state index is 0.211. The van der Waals surface area contributed by atoms with Gasteiger partial charge in [0.1, 0.15) is 6.61 Å². The highest BCUT2D eigenvalue weighted by atomic mass is 79.9. The monoisotopic (exact) mass is 605 g/mol. The summed E-state index contributed by atoms with van der Waals surface area (Å²) in [6.07, 6.45) is 8.41. The fraction of sp³-hybridized carbons (Fsp3) is 0.364. The lowest BCUT2D eigenvalue weighted by atomic mass is 9.81. The number of fused-ring (bicyclic) bond motifs is 2. The average Bonchev–Trinajstić information content (AvgIpc) is 3.25. The van der Waals surface area contributed by atoms with Gasteiger partial charge in [-0.3, -0.25) is 9.59 Å². The number of para-hydroxylation sites is 2. The predicted molar refractivity (Wildman–Crippen MR) is 164 cm³/mol. The highest BCUT2D eigenvalue weighted by Crippen LogP contribution is 2.47. The third-order valence-corrected chi connectivity index (χ3v) is 8.17. The summed E-state index contributed by atoms with van der Waals surface area (Å²) in [5, 5.41) is 0. The van der Waals surface area contributed by atoms with E-state index in [0.29, 0.717) is 26.3 Å². The van der Waals surface area contributed by atoms with Crippen LogP contribution in [0.5, 0.6) is 0 Å². The van der Waals surface area contributed by atoms with Gasteiger partial charge in [0.25, 0.3) is 0 Å². The normalized spacial score (nSPS) is 18.3. The maximum atomic E-state index is 11.4. The number of rotatable bonds is 9. The largest absolute Gasteiger partial charge is 0.464 e. The van der Waals surface area contributed by atoms with Gasteiger partial charge in [-0.15, -0.1) is 0 Å². The maximum absolute atomic E-state index is 11.4. The maximum Gasteiger partial charge on any atom is 0.302 e. The van der Waals surface area contributed by atoms with E-state index >= 15 is 0 Å². The number of anilines is 1. The molecule has 2 heterocycles. The highest BCUT2D eigenvalue weighted by molar-refractivity contribution is 9.11. The summed E-state index contributed by atoms with van der Waals surface area (Å²) >= 11 is 3.76. The molecule has 0 aliphatic carbocycles. The second kappa shape index (κ2) is 12.0. The second-order valence-electron chi connectivity index (χ2n) is 11.1. The average molecular weight is 607 g/mol. The van der Waals surface area contributed by atoms with Crippen LogP contribution in [0.2, 0.25) is 0 Å². The minimum atomic E-state index is -0.276. The Balaban J connectivity index is 1.65. The Morgan fingerprint density at radius 2 is 1.52 bits per heavy atom. The first-order chi connectivity index (χ1) is 18.9. The van der Waals surface area contributed by atoms with E-state index in [2.05, 4.69) is 114 Å².